The van der Waals surface area contributed by atoms with Gasteiger partial charge in [-0.25, -0.2) is 4.39 Å². The number of nitrogens with one attached hydrogen (secondary N) is 3. The summed E-state index contributed by atoms with van der Waals surface area (Å²) in [5, 5.41) is 12.9. The van der Waals surface area contributed by atoms with E-state index in [0.717, 1.165) is 5.69 Å². The van der Waals surface area contributed by atoms with Crippen LogP contribution in [0.2, 0.25) is 5.02 Å². The molecule has 8 nitrogen and oxygen atoms in total. The SMILES string of the molecule is Cc1cc(N/C(=N\C(=O)CN2CCOCC2)Nc2cc(F)cc(Cl)c2)n[nH]1. The van der Waals surface area contributed by atoms with Gasteiger partial charge in [-0.1, -0.05) is 11.6 Å². The smallest absolute Gasteiger partial charge is 0.263 e. The molecule has 27 heavy (non-hydrogen) atoms. The van der Waals surface area contributed by atoms with Crippen LogP contribution in [0.4, 0.5) is 15.9 Å². The predicted molar refractivity (Wildman–Crippen MR) is 102 cm³/mol. The molecule has 0 unspecified atom stereocenters. The van der Waals surface area contributed by atoms with E-state index in [1.54, 1.807) is 6.07 Å². The number of anilines is 2. The highest BCUT2D eigenvalue weighted by Gasteiger charge is 2.15. The molecule has 0 bridgehead atoms. The van der Waals surface area contributed by atoms with Crippen molar-refractivity contribution in [3.63, 3.8) is 0 Å². The Hall–Kier alpha value is -2.49. The van der Waals surface area contributed by atoms with Gasteiger partial charge in [-0.05, 0) is 25.1 Å². The molecule has 1 aromatic carbocycles. The number of hydrogen-bond acceptors (Lipinski definition) is 4. The molecule has 3 rings (SSSR count). The lowest BCUT2D eigenvalue weighted by Gasteiger charge is -2.25. The van der Waals surface area contributed by atoms with Crippen LogP contribution in [0.3, 0.4) is 0 Å². The first-order chi connectivity index (χ1) is 13.0. The molecule has 1 amide bonds. The van der Waals surface area contributed by atoms with Crippen LogP contribution in [-0.4, -0.2) is 59.8 Å². The van der Waals surface area contributed by atoms with Gasteiger partial charge >= 0.3 is 0 Å². The van der Waals surface area contributed by atoms with Crippen LogP contribution in [0.25, 0.3) is 0 Å². The first-order valence-corrected chi connectivity index (χ1v) is 8.79. The number of amides is 1. The number of benzene rings is 1. The van der Waals surface area contributed by atoms with Crippen molar-refractivity contribution in [1.82, 2.24) is 15.1 Å². The third-order valence-electron chi connectivity index (χ3n) is 3.78. The van der Waals surface area contributed by atoms with E-state index < -0.39 is 5.82 Å². The van der Waals surface area contributed by atoms with Gasteiger partial charge in [-0.2, -0.15) is 10.1 Å². The molecule has 1 aromatic heterocycles. The number of ether oxygens (including phenoxy) is 1. The predicted octanol–water partition coefficient (Wildman–Crippen LogP) is 2.25. The maximum atomic E-state index is 13.6. The summed E-state index contributed by atoms with van der Waals surface area (Å²) in [6.45, 7) is 4.55. The molecular weight excluding hydrogens is 375 g/mol. The lowest BCUT2D eigenvalue weighted by molar-refractivity contribution is -0.119. The number of rotatable bonds is 4. The van der Waals surface area contributed by atoms with E-state index in [0.29, 0.717) is 37.8 Å². The molecule has 0 radical (unpaired) electrons. The number of morpholine rings is 1. The van der Waals surface area contributed by atoms with Crippen LogP contribution in [0, 0.1) is 12.7 Å². The molecule has 144 valence electrons. The van der Waals surface area contributed by atoms with E-state index in [1.165, 1.54) is 18.2 Å². The number of H-pyrrole nitrogens is 1. The van der Waals surface area contributed by atoms with Gasteiger partial charge in [0.25, 0.3) is 5.91 Å². The third-order valence-corrected chi connectivity index (χ3v) is 3.99. The average Bonchev–Trinajstić information content (AvgIpc) is 2.99. The van der Waals surface area contributed by atoms with Gasteiger partial charge in [0.2, 0.25) is 5.96 Å². The number of aryl methyl sites for hydroxylation is 1. The molecule has 0 atom stereocenters. The molecule has 1 aliphatic heterocycles. The standard InChI is InChI=1S/C17H20ClFN6O2/c1-11-6-15(24-23-11)21-17(20-14-8-12(18)7-13(19)9-14)22-16(26)10-25-2-4-27-5-3-25/h6-9H,2-5,10H2,1H3,(H3,20,21,22,23,24,26). The Kier molecular flexibility index (Phi) is 6.38. The summed E-state index contributed by atoms with van der Waals surface area (Å²) >= 11 is 5.89. The number of aliphatic imine (C=N–C) groups is 1. The maximum absolute atomic E-state index is 13.6. The molecule has 1 fully saturated rings. The van der Waals surface area contributed by atoms with Crippen molar-refractivity contribution in [1.29, 1.82) is 0 Å². The minimum Gasteiger partial charge on any atom is -0.379 e. The summed E-state index contributed by atoms with van der Waals surface area (Å²) < 4.78 is 18.9. The number of aromatic nitrogens is 2. The third kappa shape index (κ3) is 6.02. The number of nitrogens with zero attached hydrogens (tertiary/aromatic N) is 3. The normalized spacial score (nSPS) is 15.6. The van der Waals surface area contributed by atoms with Crippen LogP contribution in [0.5, 0.6) is 0 Å². The molecule has 2 aromatic rings. The number of carbonyl (C=O) groups is 1. The Morgan fingerprint density at radius 1 is 1.33 bits per heavy atom. The summed E-state index contributed by atoms with van der Waals surface area (Å²) in [7, 11) is 0. The summed E-state index contributed by atoms with van der Waals surface area (Å²) in [5.41, 5.74) is 1.20. The fourth-order valence-corrected chi connectivity index (χ4v) is 2.79. The highest BCUT2D eigenvalue weighted by atomic mass is 35.5. The largest absolute Gasteiger partial charge is 0.379 e. The lowest BCUT2D eigenvalue weighted by atomic mass is 10.3. The summed E-state index contributed by atoms with van der Waals surface area (Å²) in [6, 6.07) is 5.73. The minimum absolute atomic E-state index is 0.126. The summed E-state index contributed by atoms with van der Waals surface area (Å²) in [5.74, 6) is -0.247. The van der Waals surface area contributed by atoms with Gasteiger partial charge in [0.05, 0.1) is 19.8 Å². The Morgan fingerprint density at radius 2 is 2.11 bits per heavy atom. The van der Waals surface area contributed by atoms with Crippen molar-refractivity contribution in [2.45, 2.75) is 6.92 Å². The Balaban J connectivity index is 1.76. The first-order valence-electron chi connectivity index (χ1n) is 8.42. The van der Waals surface area contributed by atoms with Gasteiger partial charge < -0.3 is 15.4 Å². The number of hydrogen-bond donors (Lipinski definition) is 3. The van der Waals surface area contributed by atoms with Crippen molar-refractivity contribution in [3.8, 4) is 0 Å². The average molecular weight is 395 g/mol. The van der Waals surface area contributed by atoms with Gasteiger partial charge in [-0.3, -0.25) is 14.8 Å². The zero-order chi connectivity index (χ0) is 19.2. The fourth-order valence-electron chi connectivity index (χ4n) is 2.56. The van der Waals surface area contributed by atoms with Crippen LogP contribution in [0.15, 0.2) is 29.3 Å². The molecule has 0 saturated carbocycles. The second-order valence-corrected chi connectivity index (χ2v) is 6.52. The topological polar surface area (TPSA) is 94.6 Å². The van der Waals surface area contributed by atoms with E-state index in [9.17, 15) is 9.18 Å². The number of halogens is 2. The van der Waals surface area contributed by atoms with Crippen LogP contribution < -0.4 is 10.6 Å². The van der Waals surface area contributed by atoms with Crippen molar-refractivity contribution in [2.75, 3.05) is 43.5 Å². The van der Waals surface area contributed by atoms with Crippen LogP contribution >= 0.6 is 11.6 Å². The molecule has 0 spiro atoms. The second kappa shape index (κ2) is 8.94. The first kappa shape index (κ1) is 19.3. The summed E-state index contributed by atoms with van der Waals surface area (Å²) in [6.07, 6.45) is 0. The van der Waals surface area contributed by atoms with E-state index >= 15 is 0 Å². The van der Waals surface area contributed by atoms with Crippen molar-refractivity contribution in [3.05, 3.63) is 40.8 Å². The van der Waals surface area contributed by atoms with Crippen LogP contribution in [-0.2, 0) is 9.53 Å². The van der Waals surface area contributed by atoms with Gasteiger partial charge in [-0.15, -0.1) is 0 Å². The lowest BCUT2D eigenvalue weighted by Crippen LogP contribution is -2.39. The highest BCUT2D eigenvalue weighted by Crippen LogP contribution is 2.18. The molecule has 10 heteroatoms. The van der Waals surface area contributed by atoms with E-state index in [-0.39, 0.29) is 23.4 Å². The molecule has 0 aliphatic carbocycles. The molecule has 2 heterocycles. The van der Waals surface area contributed by atoms with E-state index in [4.69, 9.17) is 16.3 Å². The fraction of sp³-hybridized carbons (Fsp3) is 0.353. The zero-order valence-electron chi connectivity index (χ0n) is 14.8. The van der Waals surface area contributed by atoms with Gasteiger partial charge in [0.15, 0.2) is 5.82 Å². The Morgan fingerprint density at radius 3 is 2.78 bits per heavy atom. The Bertz CT molecular complexity index is 814. The molecular formula is C17H20ClFN6O2. The van der Waals surface area contributed by atoms with E-state index in [2.05, 4.69) is 25.8 Å². The maximum Gasteiger partial charge on any atom is 0.263 e. The summed E-state index contributed by atoms with van der Waals surface area (Å²) in [4.78, 5) is 18.4. The molecule has 1 saturated heterocycles. The Labute approximate surface area is 160 Å². The van der Waals surface area contributed by atoms with Crippen molar-refractivity contribution < 1.29 is 13.9 Å². The number of carbonyl (C=O) groups excluding carboxylic acids is 1. The van der Waals surface area contributed by atoms with Crippen molar-refractivity contribution in [2.24, 2.45) is 4.99 Å². The number of aromatic amines is 1. The van der Waals surface area contributed by atoms with Gasteiger partial charge in [0, 0.05) is 35.6 Å². The van der Waals surface area contributed by atoms with E-state index in [1.807, 2.05) is 11.8 Å². The highest BCUT2D eigenvalue weighted by molar-refractivity contribution is 6.31. The van der Waals surface area contributed by atoms with Gasteiger partial charge in [0.1, 0.15) is 5.82 Å². The second-order valence-electron chi connectivity index (χ2n) is 6.09. The van der Waals surface area contributed by atoms with Crippen LogP contribution in [0.1, 0.15) is 5.69 Å². The molecule has 3 N–H and O–H groups in total. The minimum atomic E-state index is -0.500. The monoisotopic (exact) mass is 394 g/mol. The quantitative estimate of drug-likeness (QED) is 0.544. The molecule has 1 aliphatic rings. The number of guanidine groups is 1. The van der Waals surface area contributed by atoms with Crippen molar-refractivity contribution >= 4 is 35.0 Å². The zero-order valence-corrected chi connectivity index (χ0v) is 15.5.